The number of hydrogen-bond donors (Lipinski definition) is 0. The molecule has 0 saturated carbocycles. The van der Waals surface area contributed by atoms with Gasteiger partial charge in [0.1, 0.15) is 15.4 Å². The number of piperidine rings is 1. The van der Waals surface area contributed by atoms with Gasteiger partial charge in [-0.2, -0.15) is 5.10 Å². The Labute approximate surface area is 197 Å². The zero-order valence-corrected chi connectivity index (χ0v) is 20.9. The van der Waals surface area contributed by atoms with E-state index in [1.807, 2.05) is 6.20 Å². The Hall–Kier alpha value is -1.40. The van der Waals surface area contributed by atoms with Crippen LogP contribution in [0.1, 0.15) is 52.6 Å². The highest BCUT2D eigenvalue weighted by atomic mass is 32.2. The first-order chi connectivity index (χ1) is 15.6. The van der Waals surface area contributed by atoms with Crippen LogP contribution in [0.2, 0.25) is 0 Å². The van der Waals surface area contributed by atoms with Crippen LogP contribution in [-0.4, -0.2) is 61.4 Å². The van der Waals surface area contributed by atoms with Crippen molar-refractivity contribution in [3.05, 3.63) is 38.8 Å². The van der Waals surface area contributed by atoms with E-state index in [9.17, 15) is 17.2 Å². The summed E-state index contributed by atoms with van der Waals surface area (Å²) < 4.78 is 63.5. The van der Waals surface area contributed by atoms with E-state index in [0.29, 0.717) is 31.7 Å². The summed E-state index contributed by atoms with van der Waals surface area (Å²) in [5, 5.41) is 4.29. The minimum absolute atomic E-state index is 0.0584. The highest BCUT2D eigenvalue weighted by Gasteiger charge is 2.46. The maximum atomic E-state index is 13.8. The van der Waals surface area contributed by atoms with Crippen LogP contribution in [0, 0.1) is 0 Å². The third-order valence-corrected chi connectivity index (χ3v) is 8.98. The number of thiophene rings is 1. The normalized spacial score (nSPS) is 24.0. The second-order valence-corrected chi connectivity index (χ2v) is 12.4. The first-order valence-electron chi connectivity index (χ1n) is 11.1. The van der Waals surface area contributed by atoms with E-state index in [4.69, 9.17) is 9.47 Å². The smallest absolute Gasteiger partial charge is 0.273 e. The Morgan fingerprint density at radius 2 is 2.21 bits per heavy atom. The molecule has 0 aliphatic carbocycles. The zero-order chi connectivity index (χ0) is 23.8. The number of aromatic nitrogens is 2. The van der Waals surface area contributed by atoms with E-state index in [2.05, 4.69) is 16.9 Å². The maximum Gasteiger partial charge on any atom is 0.273 e. The third-order valence-electron chi connectivity index (χ3n) is 6.59. The van der Waals surface area contributed by atoms with Gasteiger partial charge in [-0.25, -0.2) is 17.2 Å². The second kappa shape index (κ2) is 9.69. The lowest BCUT2D eigenvalue weighted by Crippen LogP contribution is -2.50. The molecular weight excluding hydrogens is 472 g/mol. The van der Waals surface area contributed by atoms with E-state index in [-0.39, 0.29) is 23.3 Å². The van der Waals surface area contributed by atoms with Crippen molar-refractivity contribution in [1.82, 2.24) is 14.7 Å². The average Bonchev–Trinajstić information content (AvgIpc) is 3.34. The van der Waals surface area contributed by atoms with E-state index in [0.717, 1.165) is 35.4 Å². The maximum absolute atomic E-state index is 13.8. The van der Waals surface area contributed by atoms with Gasteiger partial charge in [0.15, 0.2) is 0 Å². The highest BCUT2D eigenvalue weighted by molar-refractivity contribution is 7.90. The van der Waals surface area contributed by atoms with Crippen LogP contribution in [0.25, 0.3) is 0 Å². The molecule has 0 aromatic carbocycles. The van der Waals surface area contributed by atoms with E-state index >= 15 is 0 Å². The third kappa shape index (κ3) is 5.32. The molecule has 184 valence electrons. The summed E-state index contributed by atoms with van der Waals surface area (Å²) in [5.41, 5.74) is 2.14. The van der Waals surface area contributed by atoms with Crippen molar-refractivity contribution in [3.8, 4) is 0 Å². The van der Waals surface area contributed by atoms with Crippen molar-refractivity contribution in [2.45, 2.75) is 64.0 Å². The number of ether oxygens (including phenoxy) is 2. The van der Waals surface area contributed by atoms with Crippen molar-refractivity contribution >= 4 is 21.2 Å². The molecule has 0 amide bonds. The molecule has 1 spiro atoms. The Balaban J connectivity index is 1.48. The summed E-state index contributed by atoms with van der Waals surface area (Å²) in [6, 6.07) is 0.187. The van der Waals surface area contributed by atoms with Crippen molar-refractivity contribution in [2.24, 2.45) is 0 Å². The largest absolute Gasteiger partial charge is 0.380 e. The molecule has 4 heterocycles. The van der Waals surface area contributed by atoms with Gasteiger partial charge in [0.05, 0.1) is 36.6 Å². The van der Waals surface area contributed by atoms with Gasteiger partial charge >= 0.3 is 0 Å². The molecule has 1 saturated heterocycles. The van der Waals surface area contributed by atoms with Gasteiger partial charge in [-0.05, 0) is 31.7 Å². The quantitative estimate of drug-likeness (QED) is 0.549. The molecule has 0 bridgehead atoms. The molecule has 2 aliphatic heterocycles. The molecule has 0 radical (unpaired) electrons. The number of rotatable bonds is 8. The first kappa shape index (κ1) is 24.7. The van der Waals surface area contributed by atoms with Gasteiger partial charge in [-0.3, -0.25) is 9.58 Å². The number of likely N-dealkylation sites (tertiary alicyclic amines) is 1. The van der Waals surface area contributed by atoms with Crippen LogP contribution in [0.5, 0.6) is 0 Å². The number of nitrogens with zero attached hydrogens (tertiary/aromatic N) is 3. The molecule has 0 N–H and O–H groups in total. The molecule has 33 heavy (non-hydrogen) atoms. The van der Waals surface area contributed by atoms with Crippen LogP contribution < -0.4 is 0 Å². The van der Waals surface area contributed by atoms with Crippen LogP contribution in [0.3, 0.4) is 0 Å². The molecule has 1 fully saturated rings. The summed E-state index contributed by atoms with van der Waals surface area (Å²) in [6.07, 6.45) is 4.49. The standard InChI is InChI=1S/C22H31F2N3O4S2/c1-15-10-22(20-17(4-8-31-22)18(14-30-2)19(32-20)21(23)24)5-6-26(15)12-16-11-25-27(13-16)7-9-33(3,28)29/h11,13,15,21H,4-10,12,14H2,1-3H3. The predicted octanol–water partition coefficient (Wildman–Crippen LogP) is 3.53. The van der Waals surface area contributed by atoms with E-state index in [1.54, 1.807) is 10.9 Å². The number of sulfone groups is 1. The van der Waals surface area contributed by atoms with E-state index < -0.39 is 21.9 Å². The van der Waals surface area contributed by atoms with Crippen molar-refractivity contribution < 1.29 is 26.7 Å². The molecule has 4 rings (SSSR count). The summed E-state index contributed by atoms with van der Waals surface area (Å²) in [6.45, 7) is 4.68. The number of halogens is 2. The predicted molar refractivity (Wildman–Crippen MR) is 122 cm³/mol. The number of fused-ring (bicyclic) bond motifs is 2. The van der Waals surface area contributed by atoms with Crippen molar-refractivity contribution in [2.75, 3.05) is 32.3 Å². The fourth-order valence-electron chi connectivity index (χ4n) is 4.97. The van der Waals surface area contributed by atoms with Crippen LogP contribution in [0.4, 0.5) is 8.78 Å². The Bertz CT molecular complexity index is 1090. The number of methoxy groups -OCH3 is 1. The lowest BCUT2D eigenvalue weighted by molar-refractivity contribution is -0.110. The van der Waals surface area contributed by atoms with Gasteiger partial charge in [-0.1, -0.05) is 0 Å². The molecule has 2 unspecified atom stereocenters. The molecule has 2 aromatic heterocycles. The molecule has 11 heteroatoms. The molecular formula is C22H31F2N3O4S2. The summed E-state index contributed by atoms with van der Waals surface area (Å²) >= 11 is 1.20. The van der Waals surface area contributed by atoms with Gasteiger partial charge in [0, 0.05) is 54.7 Å². The number of hydrogen-bond acceptors (Lipinski definition) is 7. The highest BCUT2D eigenvalue weighted by Crippen LogP contribution is 2.50. The van der Waals surface area contributed by atoms with E-state index in [1.165, 1.54) is 24.7 Å². The minimum atomic E-state index is -3.04. The molecule has 2 atom stereocenters. The Morgan fingerprint density at radius 3 is 2.88 bits per heavy atom. The van der Waals surface area contributed by atoms with Crippen molar-refractivity contribution in [1.29, 1.82) is 0 Å². The summed E-state index contributed by atoms with van der Waals surface area (Å²) in [7, 11) is -1.50. The second-order valence-electron chi connectivity index (χ2n) is 9.09. The SMILES string of the molecule is COCc1c(C(F)F)sc2c1CCOC21CCN(Cc2cnn(CCS(C)(=O)=O)c2)C(C)C1. The van der Waals surface area contributed by atoms with Gasteiger partial charge in [-0.15, -0.1) is 11.3 Å². The van der Waals surface area contributed by atoms with Crippen LogP contribution >= 0.6 is 11.3 Å². The topological polar surface area (TPSA) is 73.7 Å². The van der Waals surface area contributed by atoms with Gasteiger partial charge < -0.3 is 9.47 Å². The summed E-state index contributed by atoms with van der Waals surface area (Å²) in [5.74, 6) is 0.0584. The van der Waals surface area contributed by atoms with Gasteiger partial charge in [0.25, 0.3) is 6.43 Å². The lowest BCUT2D eigenvalue weighted by atomic mass is 9.81. The fraction of sp³-hybridized carbons (Fsp3) is 0.682. The van der Waals surface area contributed by atoms with Crippen LogP contribution in [0.15, 0.2) is 12.4 Å². The zero-order valence-electron chi connectivity index (χ0n) is 19.2. The number of alkyl halides is 2. The molecule has 2 aliphatic rings. The number of aryl methyl sites for hydroxylation is 1. The molecule has 7 nitrogen and oxygen atoms in total. The lowest BCUT2D eigenvalue weighted by Gasteiger charge is -2.47. The average molecular weight is 504 g/mol. The summed E-state index contributed by atoms with van der Waals surface area (Å²) in [4.78, 5) is 3.41. The van der Waals surface area contributed by atoms with Crippen molar-refractivity contribution in [3.63, 3.8) is 0 Å². The van der Waals surface area contributed by atoms with Gasteiger partial charge in [0.2, 0.25) is 0 Å². The molecule has 2 aromatic rings. The Morgan fingerprint density at radius 1 is 1.42 bits per heavy atom. The monoisotopic (exact) mass is 503 g/mol. The fourth-order valence-corrected chi connectivity index (χ4v) is 6.89. The van der Waals surface area contributed by atoms with Crippen LogP contribution in [-0.2, 0) is 51.0 Å². The Kier molecular flexibility index (Phi) is 7.26. The first-order valence-corrected chi connectivity index (χ1v) is 14.0. The minimum Gasteiger partial charge on any atom is -0.380 e.